The Balaban J connectivity index is 0.000000551. The number of carbonyl (C=O) groups excluding carboxylic acids is 1. The summed E-state index contributed by atoms with van der Waals surface area (Å²) in [5.41, 5.74) is 0.543. The number of carboxylic acid groups (broad SMARTS) is 1. The van der Waals surface area contributed by atoms with Gasteiger partial charge in [0.15, 0.2) is 0 Å². The number of carbonyl (C=O) groups is 2. The summed E-state index contributed by atoms with van der Waals surface area (Å²) in [7, 11) is 0. The Morgan fingerprint density at radius 2 is 1.48 bits per heavy atom. The molecular formula is C23H40N2O4. The van der Waals surface area contributed by atoms with Crippen LogP contribution in [0.5, 0.6) is 0 Å². The van der Waals surface area contributed by atoms with Crippen LogP contribution in [0.3, 0.4) is 0 Å². The van der Waals surface area contributed by atoms with E-state index in [9.17, 15) is 14.7 Å². The normalized spacial score (nSPS) is 12.7. The molecule has 1 rings (SSSR count). The predicted octanol–water partition coefficient (Wildman–Crippen LogP) is 5.98. The monoisotopic (exact) mass is 408 g/mol. The van der Waals surface area contributed by atoms with Crippen molar-refractivity contribution in [2.45, 2.75) is 66.7 Å². The number of imide groups is 1. The molecule has 2 unspecified atom stereocenters. The van der Waals surface area contributed by atoms with Crippen LogP contribution in [-0.4, -0.2) is 28.9 Å². The number of benzene rings is 1. The molecule has 0 bridgehead atoms. The molecule has 3 amide bonds. The number of hydrogen-bond donors (Lipinski definition) is 4. The third-order valence-corrected chi connectivity index (χ3v) is 5.18. The van der Waals surface area contributed by atoms with E-state index in [0.717, 1.165) is 11.8 Å². The minimum Gasteiger partial charge on any atom is -0.465 e. The molecule has 0 heterocycles. The molecule has 29 heavy (non-hydrogen) atoms. The van der Waals surface area contributed by atoms with Crippen LogP contribution < -0.4 is 10.6 Å². The van der Waals surface area contributed by atoms with Gasteiger partial charge in [-0.15, -0.1) is 0 Å². The molecule has 0 radical (unpaired) electrons. The smallest absolute Gasteiger partial charge is 0.412 e. The minimum atomic E-state index is -1.38. The molecule has 0 aliphatic rings. The lowest BCUT2D eigenvalue weighted by molar-refractivity contribution is 0.174. The summed E-state index contributed by atoms with van der Waals surface area (Å²) in [6.07, 6.45) is 5.11. The summed E-state index contributed by atoms with van der Waals surface area (Å²) < 4.78 is 0. The summed E-state index contributed by atoms with van der Waals surface area (Å²) in [5, 5.41) is 21.5. The number of anilines is 1. The minimum absolute atomic E-state index is 0.359. The molecule has 0 saturated carbocycles. The highest BCUT2D eigenvalue weighted by atomic mass is 16.4. The van der Waals surface area contributed by atoms with Gasteiger partial charge in [0.25, 0.3) is 0 Å². The van der Waals surface area contributed by atoms with Crippen LogP contribution in [0.1, 0.15) is 66.7 Å². The van der Waals surface area contributed by atoms with Crippen LogP contribution in [0.25, 0.3) is 0 Å². The van der Waals surface area contributed by atoms with Gasteiger partial charge in [-0.05, 0) is 42.2 Å². The van der Waals surface area contributed by atoms with Gasteiger partial charge in [-0.3, -0.25) is 0 Å². The van der Waals surface area contributed by atoms with E-state index in [1.807, 2.05) is 0 Å². The Hall–Kier alpha value is -2.08. The maximum absolute atomic E-state index is 10.8. The van der Waals surface area contributed by atoms with Crippen LogP contribution in [-0.2, 0) is 0 Å². The van der Waals surface area contributed by atoms with Gasteiger partial charge >= 0.3 is 12.1 Å². The van der Waals surface area contributed by atoms with Crippen molar-refractivity contribution < 1.29 is 19.8 Å². The molecular weight excluding hydrogens is 368 g/mol. The van der Waals surface area contributed by atoms with E-state index in [0.29, 0.717) is 24.1 Å². The van der Waals surface area contributed by atoms with Gasteiger partial charge in [0.05, 0.1) is 0 Å². The van der Waals surface area contributed by atoms with Gasteiger partial charge in [-0.25, -0.2) is 14.9 Å². The van der Waals surface area contributed by atoms with Gasteiger partial charge in [0.1, 0.15) is 0 Å². The molecule has 0 saturated heterocycles. The standard InChI is InChI=1S/C15H32O.C8H8N2O3/c1-6-8-14(12(2)3)9-7-10-15(11-16)13(4)5;11-7(10-8(12)13)9-6-4-2-1-3-5-6/h12-16H,6-11H2,1-5H3;1-5H,(H,12,13)(H2,9,10,11). The molecule has 2 atom stereocenters. The van der Waals surface area contributed by atoms with Crippen molar-refractivity contribution in [3.63, 3.8) is 0 Å². The average molecular weight is 409 g/mol. The second-order valence-electron chi connectivity index (χ2n) is 8.16. The highest BCUT2D eigenvalue weighted by molar-refractivity contribution is 5.98. The number of urea groups is 1. The Bertz CT molecular complexity index is 561. The SMILES string of the molecule is CCCC(CCCC(CO)C(C)C)C(C)C.O=C(O)NC(=O)Nc1ccccc1. The number of rotatable bonds is 10. The molecule has 166 valence electrons. The van der Waals surface area contributed by atoms with Gasteiger partial charge in [-0.2, -0.15) is 0 Å². The van der Waals surface area contributed by atoms with Gasteiger partial charge in [-0.1, -0.05) is 78.5 Å². The van der Waals surface area contributed by atoms with E-state index >= 15 is 0 Å². The molecule has 0 fully saturated rings. The molecule has 0 aliphatic heterocycles. The number of amides is 3. The van der Waals surface area contributed by atoms with Crippen molar-refractivity contribution in [1.29, 1.82) is 0 Å². The lowest BCUT2D eigenvalue weighted by Crippen LogP contribution is -2.32. The first-order chi connectivity index (χ1) is 13.7. The number of aliphatic hydroxyl groups excluding tert-OH is 1. The second kappa shape index (κ2) is 15.8. The Morgan fingerprint density at radius 3 is 1.93 bits per heavy atom. The van der Waals surface area contributed by atoms with Crippen molar-refractivity contribution >= 4 is 17.8 Å². The summed E-state index contributed by atoms with van der Waals surface area (Å²) >= 11 is 0. The highest BCUT2D eigenvalue weighted by Crippen LogP contribution is 2.26. The summed E-state index contributed by atoms with van der Waals surface area (Å²) in [6.45, 7) is 11.7. The van der Waals surface area contributed by atoms with E-state index < -0.39 is 12.1 Å². The average Bonchev–Trinajstić information content (AvgIpc) is 2.64. The van der Waals surface area contributed by atoms with E-state index in [1.54, 1.807) is 35.6 Å². The number of para-hydroxylation sites is 1. The number of hydrogen-bond acceptors (Lipinski definition) is 3. The predicted molar refractivity (Wildman–Crippen MR) is 119 cm³/mol. The zero-order valence-corrected chi connectivity index (χ0v) is 18.6. The third kappa shape index (κ3) is 13.7. The van der Waals surface area contributed by atoms with Crippen molar-refractivity contribution in [2.75, 3.05) is 11.9 Å². The quantitative estimate of drug-likeness (QED) is 0.383. The Morgan fingerprint density at radius 1 is 0.931 bits per heavy atom. The lowest BCUT2D eigenvalue weighted by atomic mass is 9.84. The maximum atomic E-state index is 10.8. The van der Waals surface area contributed by atoms with Crippen molar-refractivity contribution in [3.05, 3.63) is 30.3 Å². The van der Waals surface area contributed by atoms with Crippen LogP contribution in [0, 0.1) is 23.7 Å². The molecule has 0 spiro atoms. The largest absolute Gasteiger partial charge is 0.465 e. The van der Waals surface area contributed by atoms with Crippen LogP contribution >= 0.6 is 0 Å². The van der Waals surface area contributed by atoms with Gasteiger partial charge < -0.3 is 15.5 Å². The fraction of sp³-hybridized carbons (Fsp3) is 0.652. The molecule has 1 aromatic rings. The number of nitrogens with one attached hydrogen (secondary N) is 2. The van der Waals surface area contributed by atoms with Crippen molar-refractivity contribution in [1.82, 2.24) is 5.32 Å². The van der Waals surface area contributed by atoms with Crippen LogP contribution in [0.15, 0.2) is 30.3 Å². The van der Waals surface area contributed by atoms with Crippen LogP contribution in [0.2, 0.25) is 0 Å². The first-order valence-corrected chi connectivity index (χ1v) is 10.7. The first-order valence-electron chi connectivity index (χ1n) is 10.7. The molecule has 6 nitrogen and oxygen atoms in total. The van der Waals surface area contributed by atoms with Gasteiger partial charge in [0.2, 0.25) is 0 Å². The van der Waals surface area contributed by atoms with E-state index in [1.165, 1.54) is 32.1 Å². The Kier molecular flexibility index (Phi) is 14.7. The Labute approximate surface area is 176 Å². The van der Waals surface area contributed by atoms with Crippen LogP contribution in [0.4, 0.5) is 15.3 Å². The summed E-state index contributed by atoms with van der Waals surface area (Å²) in [6, 6.07) is 7.80. The molecule has 4 N–H and O–H groups in total. The fourth-order valence-corrected chi connectivity index (χ4v) is 3.24. The van der Waals surface area contributed by atoms with Gasteiger partial charge in [0, 0.05) is 12.3 Å². The van der Waals surface area contributed by atoms with E-state index in [4.69, 9.17) is 5.11 Å². The summed E-state index contributed by atoms with van der Waals surface area (Å²) in [5.74, 6) is 2.83. The molecule has 0 aliphatic carbocycles. The first kappa shape index (κ1) is 26.9. The van der Waals surface area contributed by atoms with Crippen molar-refractivity contribution in [3.8, 4) is 0 Å². The fourth-order valence-electron chi connectivity index (χ4n) is 3.24. The zero-order chi connectivity index (χ0) is 22.2. The summed E-state index contributed by atoms with van der Waals surface area (Å²) in [4.78, 5) is 20.8. The zero-order valence-electron chi connectivity index (χ0n) is 18.6. The van der Waals surface area contributed by atoms with E-state index in [2.05, 4.69) is 39.9 Å². The maximum Gasteiger partial charge on any atom is 0.412 e. The molecule has 6 heteroatoms. The molecule has 0 aromatic heterocycles. The molecule has 1 aromatic carbocycles. The number of aliphatic hydroxyl groups is 1. The van der Waals surface area contributed by atoms with Crippen molar-refractivity contribution in [2.24, 2.45) is 23.7 Å². The third-order valence-electron chi connectivity index (χ3n) is 5.18. The van der Waals surface area contributed by atoms with E-state index in [-0.39, 0.29) is 0 Å². The lowest BCUT2D eigenvalue weighted by Gasteiger charge is -2.22. The highest BCUT2D eigenvalue weighted by Gasteiger charge is 2.15. The topological polar surface area (TPSA) is 98.7 Å². The second-order valence-corrected chi connectivity index (χ2v) is 8.16.